The molecule has 0 amide bonds. The van der Waals surface area contributed by atoms with Gasteiger partial charge in [-0.25, -0.2) is 0 Å². The average molecular weight is 116 g/mol. The summed E-state index contributed by atoms with van der Waals surface area (Å²) < 4.78 is 1.27. The van der Waals surface area contributed by atoms with Gasteiger partial charge in [0.25, 0.3) is 0 Å². The van der Waals surface area contributed by atoms with Crippen molar-refractivity contribution in [3.05, 3.63) is 0 Å². The van der Waals surface area contributed by atoms with Crippen LogP contribution in [-0.4, -0.2) is 27.2 Å². The third kappa shape index (κ3) is 0.848. The molecule has 6 heavy (non-hydrogen) atoms. The first-order valence-electron chi connectivity index (χ1n) is 1.89. The molecular formula is C3H6NSSi. The molecule has 1 aliphatic heterocycles. The molecule has 0 aromatic heterocycles. The smallest absolute Gasteiger partial charge is 0.0812 e. The molecule has 0 spiro atoms. The summed E-state index contributed by atoms with van der Waals surface area (Å²) in [6, 6.07) is 0. The minimum Gasteiger partial charge on any atom is -0.288 e. The molecule has 1 rings (SSSR count). The van der Waals surface area contributed by atoms with E-state index in [0.29, 0.717) is 0 Å². The van der Waals surface area contributed by atoms with Gasteiger partial charge in [0.15, 0.2) is 0 Å². The quantitative estimate of drug-likeness (QED) is 0.397. The summed E-state index contributed by atoms with van der Waals surface area (Å²) in [5, 5.41) is 0. The highest BCUT2D eigenvalue weighted by Crippen LogP contribution is 2.06. The van der Waals surface area contributed by atoms with Gasteiger partial charge in [0, 0.05) is 17.0 Å². The maximum absolute atomic E-state index is 4.13. The van der Waals surface area contributed by atoms with Crippen LogP contribution >= 0.6 is 11.8 Å². The molecule has 3 heteroatoms. The highest BCUT2D eigenvalue weighted by Gasteiger charge is 1.96. The fourth-order valence-corrected chi connectivity index (χ4v) is 1.57. The topological polar surface area (TPSA) is 12.4 Å². The van der Waals surface area contributed by atoms with Crippen LogP contribution in [0.1, 0.15) is 0 Å². The van der Waals surface area contributed by atoms with Crippen molar-refractivity contribution in [2.45, 2.75) is 0 Å². The molecule has 0 saturated carbocycles. The van der Waals surface area contributed by atoms with E-state index in [4.69, 9.17) is 0 Å². The second-order valence-electron chi connectivity index (χ2n) is 1.12. The molecular weight excluding hydrogens is 110 g/mol. The van der Waals surface area contributed by atoms with Crippen LogP contribution in [0.3, 0.4) is 0 Å². The van der Waals surface area contributed by atoms with Crippen molar-refractivity contribution in [2.75, 3.05) is 12.3 Å². The SMILES string of the molecule is [SiH2]C1=NCCS1. The fourth-order valence-electron chi connectivity index (χ4n) is 0.379. The second-order valence-corrected chi connectivity index (χ2v) is 3.47. The van der Waals surface area contributed by atoms with Gasteiger partial charge in [-0.1, -0.05) is 0 Å². The molecule has 1 heterocycles. The van der Waals surface area contributed by atoms with Gasteiger partial charge in [-0.2, -0.15) is 0 Å². The number of thioether (sulfide) groups is 1. The Morgan fingerprint density at radius 3 is 2.83 bits per heavy atom. The molecule has 0 atom stereocenters. The molecule has 0 saturated heterocycles. The summed E-state index contributed by atoms with van der Waals surface area (Å²) in [6.45, 7) is 1.05. The van der Waals surface area contributed by atoms with Gasteiger partial charge in [-0.3, -0.25) is 4.99 Å². The average Bonchev–Trinajstić information content (AvgIpc) is 1.86. The first-order chi connectivity index (χ1) is 2.89. The normalized spacial score (nSPS) is 21.2. The van der Waals surface area contributed by atoms with Gasteiger partial charge >= 0.3 is 0 Å². The van der Waals surface area contributed by atoms with Gasteiger partial charge in [0.2, 0.25) is 0 Å². The predicted octanol–water partition coefficient (Wildman–Crippen LogP) is -0.278. The minimum atomic E-state index is 1.05. The van der Waals surface area contributed by atoms with Gasteiger partial charge in [-0.15, -0.1) is 11.8 Å². The van der Waals surface area contributed by atoms with Crippen molar-refractivity contribution in [2.24, 2.45) is 4.99 Å². The molecule has 1 nitrogen and oxygen atoms in total. The van der Waals surface area contributed by atoms with Crippen molar-refractivity contribution >= 4 is 26.7 Å². The van der Waals surface area contributed by atoms with Crippen LogP contribution < -0.4 is 0 Å². The first-order valence-corrected chi connectivity index (χ1v) is 3.58. The Balaban J connectivity index is 2.45. The molecule has 0 N–H and O–H groups in total. The van der Waals surface area contributed by atoms with Crippen LogP contribution in [0.5, 0.6) is 0 Å². The summed E-state index contributed by atoms with van der Waals surface area (Å²) in [6.07, 6.45) is 0. The maximum atomic E-state index is 4.13. The van der Waals surface area contributed by atoms with E-state index in [9.17, 15) is 0 Å². The van der Waals surface area contributed by atoms with E-state index >= 15 is 0 Å². The molecule has 0 fully saturated rings. The minimum absolute atomic E-state index is 1.05. The Kier molecular flexibility index (Phi) is 1.32. The van der Waals surface area contributed by atoms with Crippen molar-refractivity contribution in [1.82, 2.24) is 0 Å². The molecule has 0 unspecified atom stereocenters. The van der Waals surface area contributed by atoms with E-state index < -0.39 is 0 Å². The highest BCUT2D eigenvalue weighted by molar-refractivity contribution is 8.16. The van der Waals surface area contributed by atoms with Gasteiger partial charge < -0.3 is 0 Å². The zero-order valence-electron chi connectivity index (χ0n) is 3.48. The van der Waals surface area contributed by atoms with Crippen LogP contribution in [0.25, 0.3) is 0 Å². The molecule has 0 bridgehead atoms. The standard InChI is InChI=1S/C3H6NSSi/c6-3-4-1-2-5-3/h1-2,6H2. The third-order valence-electron chi connectivity index (χ3n) is 0.648. The Hall–Kier alpha value is 0.237. The summed E-state index contributed by atoms with van der Waals surface area (Å²) in [7, 11) is 1.88. The summed E-state index contributed by atoms with van der Waals surface area (Å²) in [5.41, 5.74) is 0. The van der Waals surface area contributed by atoms with Gasteiger partial charge in [0.1, 0.15) is 0 Å². The molecule has 0 aromatic carbocycles. The maximum Gasteiger partial charge on any atom is 0.0812 e. The number of hydrogen-bond donors (Lipinski definition) is 0. The van der Waals surface area contributed by atoms with Crippen molar-refractivity contribution in [1.29, 1.82) is 0 Å². The van der Waals surface area contributed by atoms with Crippen LogP contribution in [-0.2, 0) is 0 Å². The van der Waals surface area contributed by atoms with Gasteiger partial charge in [-0.05, 0) is 0 Å². The number of hydrogen-bond acceptors (Lipinski definition) is 2. The molecule has 33 valence electrons. The van der Waals surface area contributed by atoms with E-state index in [1.54, 1.807) is 0 Å². The van der Waals surface area contributed by atoms with Crippen LogP contribution in [0.2, 0.25) is 0 Å². The van der Waals surface area contributed by atoms with E-state index in [-0.39, 0.29) is 0 Å². The monoisotopic (exact) mass is 116 g/mol. The third-order valence-corrected chi connectivity index (χ3v) is 2.33. The predicted molar refractivity (Wildman–Crippen MR) is 33.3 cm³/mol. The molecule has 0 aromatic rings. The summed E-state index contributed by atoms with van der Waals surface area (Å²) >= 11 is 1.86. The first kappa shape index (κ1) is 4.40. The van der Waals surface area contributed by atoms with Crippen molar-refractivity contribution in [3.63, 3.8) is 0 Å². The van der Waals surface area contributed by atoms with E-state index in [1.165, 1.54) is 10.4 Å². The van der Waals surface area contributed by atoms with E-state index in [1.807, 2.05) is 22.0 Å². The molecule has 1 aliphatic rings. The lowest BCUT2D eigenvalue weighted by molar-refractivity contribution is 1.18. The van der Waals surface area contributed by atoms with Gasteiger partial charge in [0.05, 0.1) is 10.2 Å². The Labute approximate surface area is 44.7 Å². The number of nitrogens with zero attached hydrogens (tertiary/aromatic N) is 1. The number of aliphatic imine (C=N–C) groups is 1. The lowest BCUT2D eigenvalue weighted by Crippen LogP contribution is -1.79. The van der Waals surface area contributed by atoms with Crippen molar-refractivity contribution in [3.8, 4) is 0 Å². The Morgan fingerprint density at radius 2 is 2.67 bits per heavy atom. The zero-order chi connectivity index (χ0) is 4.41. The second kappa shape index (κ2) is 1.79. The van der Waals surface area contributed by atoms with Crippen LogP contribution in [0.4, 0.5) is 0 Å². The van der Waals surface area contributed by atoms with E-state index in [0.717, 1.165) is 6.54 Å². The Morgan fingerprint density at radius 1 is 1.83 bits per heavy atom. The zero-order valence-corrected chi connectivity index (χ0v) is 5.71. The summed E-state index contributed by atoms with van der Waals surface area (Å²) in [5.74, 6) is 1.21. The summed E-state index contributed by atoms with van der Waals surface area (Å²) in [4.78, 5) is 4.13. The fraction of sp³-hybridized carbons (Fsp3) is 0.667. The lowest BCUT2D eigenvalue weighted by Gasteiger charge is -1.76. The van der Waals surface area contributed by atoms with Crippen molar-refractivity contribution < 1.29 is 0 Å². The largest absolute Gasteiger partial charge is 0.288 e. The molecule has 0 aliphatic carbocycles. The van der Waals surface area contributed by atoms with Crippen LogP contribution in [0.15, 0.2) is 4.99 Å². The molecule has 1 radical (unpaired) electrons. The van der Waals surface area contributed by atoms with E-state index in [2.05, 4.69) is 4.99 Å². The van der Waals surface area contributed by atoms with Crippen LogP contribution in [0, 0.1) is 0 Å². The number of rotatable bonds is 0. The highest BCUT2D eigenvalue weighted by atomic mass is 32.2. The lowest BCUT2D eigenvalue weighted by atomic mass is 10.8. The Bertz CT molecular complexity index is 80.9.